The van der Waals surface area contributed by atoms with Crippen molar-refractivity contribution >= 4 is 0 Å². The van der Waals surface area contributed by atoms with Crippen molar-refractivity contribution in [1.82, 2.24) is 0 Å². The van der Waals surface area contributed by atoms with Gasteiger partial charge in [0.1, 0.15) is 0 Å². The van der Waals surface area contributed by atoms with Gasteiger partial charge in [0.05, 0.1) is 12.7 Å². The van der Waals surface area contributed by atoms with Gasteiger partial charge < -0.3 is 4.74 Å². The van der Waals surface area contributed by atoms with E-state index in [1.807, 2.05) is 0 Å². The Kier molecular flexibility index (Phi) is 13.6. The zero-order valence-corrected chi connectivity index (χ0v) is 24.8. The quantitative estimate of drug-likeness (QED) is 0.132. The second-order valence-corrected chi connectivity index (χ2v) is 12.5. The van der Waals surface area contributed by atoms with Gasteiger partial charge in [-0.15, -0.1) is 0 Å². The fraction of sp³-hybridized carbons (Fsp3) is 0.706. The molecule has 200 valence electrons. The number of allylic oxidation sites excluding steroid dienone is 6. The molecule has 1 aliphatic rings. The predicted octanol–water partition coefficient (Wildman–Crippen LogP) is 10.7. The highest BCUT2D eigenvalue weighted by Crippen LogP contribution is 2.43. The molecule has 35 heavy (non-hydrogen) atoms. The minimum atomic E-state index is 0.135. The Bertz CT molecular complexity index is 745. The Morgan fingerprint density at radius 1 is 0.829 bits per heavy atom. The zero-order valence-electron chi connectivity index (χ0n) is 24.8. The molecule has 1 aliphatic heterocycles. The van der Waals surface area contributed by atoms with Crippen molar-refractivity contribution in [2.24, 2.45) is 29.1 Å². The van der Waals surface area contributed by atoms with Crippen LogP contribution in [0.5, 0.6) is 0 Å². The standard InChI is InChI=1S/C34H58O/c1-24(2)27(6)18-19-30(9)29(8)17-16-26(5)14-13-15-32(22-33-23-35-33)34(11,12)31(10)21-20-28(7)25(3)4/h14,27-29,32-33H,1,3,9-10,13,15-23H2,2,4-8,11-12H3/b26-14+. The first-order valence-electron chi connectivity index (χ1n) is 14.2. The topological polar surface area (TPSA) is 12.5 Å². The molecule has 1 fully saturated rings. The van der Waals surface area contributed by atoms with E-state index >= 15 is 0 Å². The van der Waals surface area contributed by atoms with Crippen LogP contribution in [0.2, 0.25) is 0 Å². The predicted molar refractivity (Wildman–Crippen MR) is 158 cm³/mol. The van der Waals surface area contributed by atoms with E-state index in [9.17, 15) is 0 Å². The smallest absolute Gasteiger partial charge is 0.0812 e. The zero-order chi connectivity index (χ0) is 26.8. The maximum atomic E-state index is 5.64. The lowest BCUT2D eigenvalue weighted by molar-refractivity contribution is 0.206. The highest BCUT2D eigenvalue weighted by molar-refractivity contribution is 5.12. The second kappa shape index (κ2) is 15.0. The SMILES string of the molecule is C=C(C)C(C)CCC(=C)C(C)CC/C(C)=C/CCC(CC1CO1)C(C)(C)C(=C)CCC(C)C(=C)C. The summed E-state index contributed by atoms with van der Waals surface area (Å²) in [4.78, 5) is 0. The Labute approximate surface area is 219 Å². The van der Waals surface area contributed by atoms with Crippen LogP contribution in [0.4, 0.5) is 0 Å². The summed E-state index contributed by atoms with van der Waals surface area (Å²) in [6.45, 7) is 36.4. The van der Waals surface area contributed by atoms with Crippen LogP contribution < -0.4 is 0 Å². The molecule has 1 saturated heterocycles. The molecule has 0 radical (unpaired) electrons. The molecule has 1 rings (SSSR count). The molecule has 1 heterocycles. The van der Waals surface area contributed by atoms with Gasteiger partial charge in [0, 0.05) is 0 Å². The van der Waals surface area contributed by atoms with Crippen LogP contribution in [0.15, 0.2) is 60.3 Å². The molecular weight excluding hydrogens is 424 g/mol. The third kappa shape index (κ3) is 12.0. The summed E-state index contributed by atoms with van der Waals surface area (Å²) in [5, 5.41) is 0. The van der Waals surface area contributed by atoms with Crippen molar-refractivity contribution in [3.05, 3.63) is 60.3 Å². The minimum absolute atomic E-state index is 0.135. The molecule has 0 aromatic heterocycles. The van der Waals surface area contributed by atoms with Gasteiger partial charge >= 0.3 is 0 Å². The average Bonchev–Trinajstić information content (AvgIpc) is 3.61. The van der Waals surface area contributed by atoms with E-state index in [2.05, 4.69) is 87.8 Å². The lowest BCUT2D eigenvalue weighted by Crippen LogP contribution is -2.28. The Morgan fingerprint density at radius 2 is 1.34 bits per heavy atom. The van der Waals surface area contributed by atoms with Gasteiger partial charge in [0.2, 0.25) is 0 Å². The molecule has 5 unspecified atom stereocenters. The lowest BCUT2D eigenvalue weighted by Gasteiger charge is -2.37. The molecule has 1 nitrogen and oxygen atoms in total. The molecule has 1 heteroatoms. The van der Waals surface area contributed by atoms with E-state index in [0.717, 1.165) is 38.7 Å². The average molecular weight is 483 g/mol. The third-order valence-corrected chi connectivity index (χ3v) is 9.02. The van der Waals surface area contributed by atoms with Crippen LogP contribution >= 0.6 is 0 Å². The first-order chi connectivity index (χ1) is 16.2. The van der Waals surface area contributed by atoms with Gasteiger partial charge in [-0.2, -0.15) is 0 Å². The highest BCUT2D eigenvalue weighted by Gasteiger charge is 2.36. The van der Waals surface area contributed by atoms with Gasteiger partial charge in [-0.1, -0.05) is 94.9 Å². The Hall–Kier alpha value is -1.34. The molecular formula is C34H58O. The number of hydrogen-bond donors (Lipinski definition) is 0. The van der Waals surface area contributed by atoms with Crippen molar-refractivity contribution in [3.63, 3.8) is 0 Å². The first kappa shape index (κ1) is 31.7. The van der Waals surface area contributed by atoms with E-state index in [1.165, 1.54) is 53.5 Å². The molecule has 0 aromatic rings. The largest absolute Gasteiger partial charge is 0.373 e. The maximum absolute atomic E-state index is 5.64. The number of epoxide rings is 1. The van der Waals surface area contributed by atoms with Gasteiger partial charge in [-0.05, 0) is 108 Å². The van der Waals surface area contributed by atoms with E-state index in [1.54, 1.807) is 0 Å². The summed E-state index contributed by atoms with van der Waals surface area (Å²) in [6, 6.07) is 0. The monoisotopic (exact) mass is 482 g/mol. The Balaban J connectivity index is 2.56. The summed E-state index contributed by atoms with van der Waals surface area (Å²) in [5.74, 6) is 2.34. The molecule has 5 atom stereocenters. The van der Waals surface area contributed by atoms with Crippen LogP contribution in [0.25, 0.3) is 0 Å². The summed E-state index contributed by atoms with van der Waals surface area (Å²) in [7, 11) is 0. The fourth-order valence-electron chi connectivity index (χ4n) is 4.72. The third-order valence-electron chi connectivity index (χ3n) is 9.02. The van der Waals surface area contributed by atoms with Crippen LogP contribution in [0.3, 0.4) is 0 Å². The molecule has 0 amide bonds. The van der Waals surface area contributed by atoms with Crippen molar-refractivity contribution in [2.75, 3.05) is 6.61 Å². The van der Waals surface area contributed by atoms with E-state index in [0.29, 0.717) is 29.8 Å². The van der Waals surface area contributed by atoms with Crippen LogP contribution in [0, 0.1) is 29.1 Å². The van der Waals surface area contributed by atoms with E-state index in [-0.39, 0.29) is 5.41 Å². The van der Waals surface area contributed by atoms with Gasteiger partial charge in [-0.25, -0.2) is 0 Å². The summed E-state index contributed by atoms with van der Waals surface area (Å²) < 4.78 is 5.64. The van der Waals surface area contributed by atoms with Crippen molar-refractivity contribution in [2.45, 2.75) is 119 Å². The van der Waals surface area contributed by atoms with Gasteiger partial charge in [0.15, 0.2) is 0 Å². The normalized spacial score (nSPS) is 19.5. The van der Waals surface area contributed by atoms with Crippen molar-refractivity contribution in [1.29, 1.82) is 0 Å². The van der Waals surface area contributed by atoms with Crippen LogP contribution in [0.1, 0.15) is 113 Å². The maximum Gasteiger partial charge on any atom is 0.0812 e. The summed E-state index contributed by atoms with van der Waals surface area (Å²) >= 11 is 0. The summed E-state index contributed by atoms with van der Waals surface area (Å²) in [5.41, 5.74) is 7.01. The van der Waals surface area contributed by atoms with Gasteiger partial charge in [-0.3, -0.25) is 0 Å². The minimum Gasteiger partial charge on any atom is -0.373 e. The Morgan fingerprint density at radius 3 is 1.86 bits per heavy atom. The van der Waals surface area contributed by atoms with E-state index in [4.69, 9.17) is 4.74 Å². The number of hydrogen-bond acceptors (Lipinski definition) is 1. The first-order valence-corrected chi connectivity index (χ1v) is 14.2. The van der Waals surface area contributed by atoms with Crippen molar-refractivity contribution < 1.29 is 4.74 Å². The molecule has 0 aromatic carbocycles. The second-order valence-electron chi connectivity index (χ2n) is 12.5. The van der Waals surface area contributed by atoms with Gasteiger partial charge in [0.25, 0.3) is 0 Å². The highest BCUT2D eigenvalue weighted by atomic mass is 16.6. The molecule has 0 bridgehead atoms. The van der Waals surface area contributed by atoms with Crippen LogP contribution in [-0.4, -0.2) is 12.7 Å². The number of rotatable bonds is 19. The summed E-state index contributed by atoms with van der Waals surface area (Å²) in [6.07, 6.45) is 13.4. The molecule has 0 aliphatic carbocycles. The molecule has 0 N–H and O–H groups in total. The lowest BCUT2D eigenvalue weighted by atomic mass is 9.68. The van der Waals surface area contributed by atoms with Crippen LogP contribution in [-0.2, 0) is 4.74 Å². The molecule has 0 saturated carbocycles. The van der Waals surface area contributed by atoms with E-state index < -0.39 is 0 Å². The van der Waals surface area contributed by atoms with Crippen molar-refractivity contribution in [3.8, 4) is 0 Å². The fourth-order valence-corrected chi connectivity index (χ4v) is 4.72. The number of ether oxygens (including phenoxy) is 1. The molecule has 0 spiro atoms.